The van der Waals surface area contributed by atoms with E-state index in [-0.39, 0.29) is 23.5 Å². The van der Waals surface area contributed by atoms with Crippen LogP contribution < -0.4 is 0 Å². The number of halogens is 1. The van der Waals surface area contributed by atoms with Gasteiger partial charge in [-0.05, 0) is 24.3 Å². The fourth-order valence-corrected chi connectivity index (χ4v) is 1.16. The van der Waals surface area contributed by atoms with Crippen molar-refractivity contribution in [3.8, 4) is 0 Å². The van der Waals surface area contributed by atoms with Gasteiger partial charge < -0.3 is 5.11 Å². The molecule has 0 unspecified atom stereocenters. The Hall–Kier alpha value is -2.28. The van der Waals surface area contributed by atoms with Crippen LogP contribution in [0, 0.1) is 5.82 Å². The Labute approximate surface area is 101 Å². The largest absolute Gasteiger partial charge is 0.478 e. The lowest BCUT2D eigenvalue weighted by atomic mass is 10.2. The maximum Gasteiger partial charge on any atom is 0.335 e. The van der Waals surface area contributed by atoms with Crippen LogP contribution >= 0.6 is 0 Å². The van der Waals surface area contributed by atoms with E-state index in [2.05, 4.69) is 0 Å². The molecule has 2 rings (SSSR count). The first kappa shape index (κ1) is 13.8. The molecule has 0 spiro atoms. The van der Waals surface area contributed by atoms with E-state index in [1.807, 2.05) is 0 Å². The Kier molecular flexibility index (Phi) is 4.50. The quantitative estimate of drug-likeness (QED) is 0.577. The van der Waals surface area contributed by atoms with Gasteiger partial charge >= 0.3 is 5.97 Å². The number of benzene rings is 1. The molecule has 96 valence electrons. The van der Waals surface area contributed by atoms with Crippen molar-refractivity contribution in [2.75, 3.05) is 0 Å². The topological polar surface area (TPSA) is 94.9 Å². The molecule has 18 heavy (non-hydrogen) atoms. The van der Waals surface area contributed by atoms with Gasteiger partial charge in [0.2, 0.25) is 0 Å². The van der Waals surface area contributed by atoms with Crippen LogP contribution in [0.5, 0.6) is 0 Å². The van der Waals surface area contributed by atoms with Crippen molar-refractivity contribution in [3.05, 3.63) is 35.6 Å². The van der Waals surface area contributed by atoms with Gasteiger partial charge in [-0.1, -0.05) is 0 Å². The Balaban J connectivity index is 0.000000184. The predicted molar refractivity (Wildman–Crippen MR) is 56.2 cm³/mol. The van der Waals surface area contributed by atoms with Gasteiger partial charge in [0.1, 0.15) is 5.82 Å². The number of amides is 2. The molecule has 0 bridgehead atoms. The van der Waals surface area contributed by atoms with Gasteiger partial charge in [-0.2, -0.15) is 5.06 Å². The van der Waals surface area contributed by atoms with E-state index in [1.54, 1.807) is 0 Å². The standard InChI is InChI=1S/C7H5FO2.C4H5NO3/c8-6-3-1-5(2-4-6)7(9)10;6-3-1-2-4(7)5(3)8/h1-4H,(H,9,10);8H,1-2H2. The number of rotatable bonds is 1. The lowest BCUT2D eigenvalue weighted by molar-refractivity contribution is -0.171. The van der Waals surface area contributed by atoms with Crippen molar-refractivity contribution in [1.29, 1.82) is 0 Å². The van der Waals surface area contributed by atoms with Crippen LogP contribution in [-0.2, 0) is 9.59 Å². The number of hydrogen-bond donors (Lipinski definition) is 2. The molecule has 1 aromatic carbocycles. The van der Waals surface area contributed by atoms with Gasteiger partial charge in [0.25, 0.3) is 11.8 Å². The summed E-state index contributed by atoms with van der Waals surface area (Å²) in [6.45, 7) is 0. The minimum absolute atomic E-state index is 0.0985. The number of carboxylic acids is 1. The highest BCUT2D eigenvalue weighted by Crippen LogP contribution is 2.07. The number of imide groups is 1. The third kappa shape index (κ3) is 3.63. The summed E-state index contributed by atoms with van der Waals surface area (Å²) in [5, 5.41) is 16.9. The second-order valence-corrected chi connectivity index (χ2v) is 3.41. The van der Waals surface area contributed by atoms with Crippen LogP contribution in [0.3, 0.4) is 0 Å². The SMILES string of the molecule is O=C(O)c1ccc(F)cc1.O=C1CCC(=O)N1O. The summed E-state index contributed by atoms with van der Waals surface area (Å²) >= 11 is 0. The predicted octanol–water partition coefficient (Wildman–Crippen LogP) is 1.05. The first-order valence-corrected chi connectivity index (χ1v) is 4.95. The van der Waals surface area contributed by atoms with E-state index in [4.69, 9.17) is 10.3 Å². The Morgan fingerprint density at radius 2 is 1.56 bits per heavy atom. The first-order chi connectivity index (χ1) is 8.41. The molecule has 0 aromatic heterocycles. The third-order valence-electron chi connectivity index (χ3n) is 2.12. The molecule has 1 saturated heterocycles. The lowest BCUT2D eigenvalue weighted by Crippen LogP contribution is -2.24. The number of hydroxylamine groups is 2. The number of carbonyl (C=O) groups is 3. The van der Waals surface area contributed by atoms with Crippen LogP contribution in [0.15, 0.2) is 24.3 Å². The smallest absolute Gasteiger partial charge is 0.335 e. The average Bonchev–Trinajstić information content (AvgIpc) is 2.62. The van der Waals surface area contributed by atoms with Crippen molar-refractivity contribution in [1.82, 2.24) is 5.06 Å². The van der Waals surface area contributed by atoms with Gasteiger partial charge in [-0.15, -0.1) is 0 Å². The summed E-state index contributed by atoms with van der Waals surface area (Å²) in [5.41, 5.74) is 0.0985. The van der Waals surface area contributed by atoms with Crippen molar-refractivity contribution in [2.45, 2.75) is 12.8 Å². The fraction of sp³-hybridized carbons (Fsp3) is 0.182. The Bertz CT molecular complexity index is 455. The molecule has 0 radical (unpaired) electrons. The molecule has 0 aliphatic carbocycles. The van der Waals surface area contributed by atoms with E-state index in [0.717, 1.165) is 12.1 Å². The third-order valence-corrected chi connectivity index (χ3v) is 2.12. The summed E-state index contributed by atoms with van der Waals surface area (Å²) in [6, 6.07) is 4.67. The van der Waals surface area contributed by atoms with Crippen molar-refractivity contribution >= 4 is 17.8 Å². The van der Waals surface area contributed by atoms with E-state index in [0.29, 0.717) is 0 Å². The van der Waals surface area contributed by atoms with Crippen LogP contribution in [0.2, 0.25) is 0 Å². The molecular formula is C11H10FNO5. The monoisotopic (exact) mass is 255 g/mol. The molecule has 0 saturated carbocycles. The van der Waals surface area contributed by atoms with Gasteiger partial charge in [0, 0.05) is 12.8 Å². The number of carboxylic acid groups (broad SMARTS) is 1. The van der Waals surface area contributed by atoms with Gasteiger partial charge in [0.05, 0.1) is 5.56 Å². The van der Waals surface area contributed by atoms with Crippen LogP contribution in [0.25, 0.3) is 0 Å². The van der Waals surface area contributed by atoms with Crippen molar-refractivity contribution in [2.24, 2.45) is 0 Å². The minimum atomic E-state index is -1.04. The minimum Gasteiger partial charge on any atom is -0.478 e. The summed E-state index contributed by atoms with van der Waals surface area (Å²) < 4.78 is 12.2. The number of nitrogens with zero attached hydrogens (tertiary/aromatic N) is 1. The molecule has 2 N–H and O–H groups in total. The molecule has 6 nitrogen and oxygen atoms in total. The van der Waals surface area contributed by atoms with E-state index in [9.17, 15) is 18.8 Å². The molecule has 1 aliphatic heterocycles. The summed E-state index contributed by atoms with van der Waals surface area (Å²) in [5.74, 6) is -2.48. The molecule has 2 amide bonds. The fourth-order valence-electron chi connectivity index (χ4n) is 1.16. The first-order valence-electron chi connectivity index (χ1n) is 4.95. The molecule has 1 aromatic rings. The van der Waals surface area contributed by atoms with Gasteiger partial charge in [-0.25, -0.2) is 9.18 Å². The Morgan fingerprint density at radius 3 is 1.83 bits per heavy atom. The molecule has 1 heterocycles. The number of aromatic carboxylic acids is 1. The summed E-state index contributed by atoms with van der Waals surface area (Å²) in [6.07, 6.45) is 0.296. The maximum atomic E-state index is 12.2. The van der Waals surface area contributed by atoms with Gasteiger partial charge in [0.15, 0.2) is 0 Å². The highest BCUT2D eigenvalue weighted by molar-refractivity contribution is 6.00. The zero-order valence-corrected chi connectivity index (χ0v) is 9.17. The second kappa shape index (κ2) is 5.87. The van der Waals surface area contributed by atoms with Crippen molar-refractivity contribution < 1.29 is 29.1 Å². The normalized spacial score (nSPS) is 14.2. The summed E-state index contributed by atoms with van der Waals surface area (Å²) in [7, 11) is 0. The molecule has 1 aliphatic rings. The zero-order valence-electron chi connectivity index (χ0n) is 9.17. The van der Waals surface area contributed by atoms with Crippen LogP contribution in [0.1, 0.15) is 23.2 Å². The summed E-state index contributed by atoms with van der Waals surface area (Å²) in [4.78, 5) is 30.7. The highest BCUT2D eigenvalue weighted by Gasteiger charge is 2.26. The molecule has 0 atom stereocenters. The average molecular weight is 255 g/mol. The van der Waals surface area contributed by atoms with E-state index >= 15 is 0 Å². The highest BCUT2D eigenvalue weighted by atomic mass is 19.1. The van der Waals surface area contributed by atoms with Crippen molar-refractivity contribution in [3.63, 3.8) is 0 Å². The molecular weight excluding hydrogens is 245 g/mol. The van der Waals surface area contributed by atoms with Crippen LogP contribution in [-0.4, -0.2) is 33.2 Å². The Morgan fingerprint density at radius 1 is 1.11 bits per heavy atom. The molecule has 1 fully saturated rings. The van der Waals surface area contributed by atoms with E-state index in [1.165, 1.54) is 12.1 Å². The van der Waals surface area contributed by atoms with Gasteiger partial charge in [-0.3, -0.25) is 14.8 Å². The van der Waals surface area contributed by atoms with E-state index < -0.39 is 23.6 Å². The van der Waals surface area contributed by atoms with Crippen LogP contribution in [0.4, 0.5) is 4.39 Å². The zero-order chi connectivity index (χ0) is 13.7. The number of carbonyl (C=O) groups excluding carboxylic acids is 2. The second-order valence-electron chi connectivity index (χ2n) is 3.41. The number of hydrogen-bond acceptors (Lipinski definition) is 4. The molecule has 7 heteroatoms. The maximum absolute atomic E-state index is 12.2. The lowest BCUT2D eigenvalue weighted by Gasteiger charge is -1.98.